The zero-order chi connectivity index (χ0) is 11.8. The third-order valence-corrected chi connectivity index (χ3v) is 3.40. The third kappa shape index (κ3) is 5.83. The van der Waals surface area contributed by atoms with Gasteiger partial charge in [-0.05, 0) is 38.8 Å². The molecule has 1 atom stereocenters. The van der Waals surface area contributed by atoms with Gasteiger partial charge < -0.3 is 15.5 Å². The van der Waals surface area contributed by atoms with Gasteiger partial charge in [0.25, 0.3) is 0 Å². The number of hydrogen-bond donors (Lipinski definition) is 2. The average Bonchev–Trinajstić information content (AvgIpc) is 2.28. The highest BCUT2D eigenvalue weighted by atomic mass is 15.2. The van der Waals surface area contributed by atoms with Crippen molar-refractivity contribution >= 4 is 0 Å². The van der Waals surface area contributed by atoms with Crippen molar-refractivity contribution in [2.24, 2.45) is 5.92 Å². The van der Waals surface area contributed by atoms with Gasteiger partial charge >= 0.3 is 0 Å². The Kier molecular flexibility index (Phi) is 7.01. The van der Waals surface area contributed by atoms with E-state index >= 15 is 0 Å². The van der Waals surface area contributed by atoms with Gasteiger partial charge in [0.15, 0.2) is 0 Å². The second kappa shape index (κ2) is 8.04. The van der Waals surface area contributed by atoms with Gasteiger partial charge in [0, 0.05) is 32.2 Å². The summed E-state index contributed by atoms with van der Waals surface area (Å²) in [4.78, 5) is 2.58. The van der Waals surface area contributed by atoms with E-state index in [1.54, 1.807) is 0 Å². The Morgan fingerprint density at radius 3 is 2.50 bits per heavy atom. The molecule has 1 aliphatic rings. The predicted octanol–water partition coefficient (Wildman–Crippen LogP) is 1.31. The number of rotatable bonds is 7. The van der Waals surface area contributed by atoms with Crippen LogP contribution in [-0.4, -0.2) is 50.7 Å². The minimum atomic E-state index is 0.711. The molecule has 1 aliphatic heterocycles. The summed E-state index contributed by atoms with van der Waals surface area (Å²) in [6, 6.07) is 0.711. The fourth-order valence-electron chi connectivity index (χ4n) is 2.45. The summed E-state index contributed by atoms with van der Waals surface area (Å²) in [5.74, 6) is 0.802. The van der Waals surface area contributed by atoms with Gasteiger partial charge in [0.05, 0.1) is 0 Å². The standard InChI is InChI=1S/C13H29N3/c1-12(2)11-13(14-3)5-4-8-16-9-6-15-7-10-16/h12-15H,4-11H2,1-3H3. The lowest BCUT2D eigenvalue weighted by molar-refractivity contribution is 0.231. The highest BCUT2D eigenvalue weighted by molar-refractivity contribution is 4.71. The first-order valence-electron chi connectivity index (χ1n) is 6.82. The third-order valence-electron chi connectivity index (χ3n) is 3.40. The van der Waals surface area contributed by atoms with E-state index in [9.17, 15) is 0 Å². The van der Waals surface area contributed by atoms with Crippen LogP contribution in [0, 0.1) is 5.92 Å². The summed E-state index contributed by atoms with van der Waals surface area (Å²) in [6.45, 7) is 10.7. The first-order valence-corrected chi connectivity index (χ1v) is 6.82. The number of nitrogens with zero attached hydrogens (tertiary/aromatic N) is 1. The van der Waals surface area contributed by atoms with E-state index in [1.807, 2.05) is 0 Å². The largest absolute Gasteiger partial charge is 0.317 e. The van der Waals surface area contributed by atoms with Crippen molar-refractivity contribution in [3.63, 3.8) is 0 Å². The van der Waals surface area contributed by atoms with Crippen LogP contribution in [-0.2, 0) is 0 Å². The molecule has 1 heterocycles. The SMILES string of the molecule is CNC(CCCN1CCNCC1)CC(C)C. The van der Waals surface area contributed by atoms with Gasteiger partial charge in [-0.1, -0.05) is 13.8 Å². The van der Waals surface area contributed by atoms with Crippen molar-refractivity contribution in [3.8, 4) is 0 Å². The molecular formula is C13H29N3. The van der Waals surface area contributed by atoms with Gasteiger partial charge in [-0.25, -0.2) is 0 Å². The Morgan fingerprint density at radius 2 is 1.94 bits per heavy atom. The van der Waals surface area contributed by atoms with E-state index in [4.69, 9.17) is 0 Å². The molecule has 1 rings (SSSR count). The van der Waals surface area contributed by atoms with Crippen molar-refractivity contribution in [1.82, 2.24) is 15.5 Å². The molecular weight excluding hydrogens is 198 g/mol. The Hall–Kier alpha value is -0.120. The minimum absolute atomic E-state index is 0.711. The van der Waals surface area contributed by atoms with E-state index < -0.39 is 0 Å². The lowest BCUT2D eigenvalue weighted by Crippen LogP contribution is -2.44. The van der Waals surface area contributed by atoms with Crippen LogP contribution in [0.1, 0.15) is 33.1 Å². The Balaban J connectivity index is 2.07. The fraction of sp³-hybridized carbons (Fsp3) is 1.00. The van der Waals surface area contributed by atoms with Crippen LogP contribution in [0.5, 0.6) is 0 Å². The quantitative estimate of drug-likeness (QED) is 0.686. The average molecular weight is 227 g/mol. The molecule has 0 aromatic heterocycles. The number of hydrogen-bond acceptors (Lipinski definition) is 3. The zero-order valence-electron chi connectivity index (χ0n) is 11.3. The van der Waals surface area contributed by atoms with Gasteiger partial charge in [0.2, 0.25) is 0 Å². The molecule has 96 valence electrons. The summed E-state index contributed by atoms with van der Waals surface area (Å²) in [6.07, 6.45) is 3.95. The van der Waals surface area contributed by atoms with Gasteiger partial charge in [0.1, 0.15) is 0 Å². The number of piperazine rings is 1. The van der Waals surface area contributed by atoms with Crippen molar-refractivity contribution in [2.45, 2.75) is 39.2 Å². The molecule has 2 N–H and O–H groups in total. The van der Waals surface area contributed by atoms with Crippen LogP contribution in [0.3, 0.4) is 0 Å². The first-order chi connectivity index (χ1) is 7.72. The van der Waals surface area contributed by atoms with E-state index in [0.29, 0.717) is 6.04 Å². The summed E-state index contributed by atoms with van der Waals surface area (Å²) in [5.41, 5.74) is 0. The van der Waals surface area contributed by atoms with Crippen molar-refractivity contribution in [3.05, 3.63) is 0 Å². The molecule has 1 fully saturated rings. The van der Waals surface area contributed by atoms with Crippen LogP contribution in [0.2, 0.25) is 0 Å². The molecule has 0 bridgehead atoms. The highest BCUT2D eigenvalue weighted by Gasteiger charge is 2.11. The second-order valence-corrected chi connectivity index (χ2v) is 5.35. The summed E-state index contributed by atoms with van der Waals surface area (Å²) in [7, 11) is 2.10. The summed E-state index contributed by atoms with van der Waals surface area (Å²) >= 11 is 0. The number of nitrogens with one attached hydrogen (secondary N) is 2. The van der Waals surface area contributed by atoms with Crippen molar-refractivity contribution < 1.29 is 0 Å². The second-order valence-electron chi connectivity index (χ2n) is 5.35. The molecule has 0 spiro atoms. The predicted molar refractivity (Wildman–Crippen MR) is 70.8 cm³/mol. The normalized spacial score (nSPS) is 20.2. The molecule has 3 nitrogen and oxygen atoms in total. The molecule has 0 radical (unpaired) electrons. The first kappa shape index (κ1) is 13.9. The monoisotopic (exact) mass is 227 g/mol. The zero-order valence-corrected chi connectivity index (χ0v) is 11.3. The smallest absolute Gasteiger partial charge is 0.0107 e. The van der Waals surface area contributed by atoms with Crippen LogP contribution >= 0.6 is 0 Å². The molecule has 16 heavy (non-hydrogen) atoms. The topological polar surface area (TPSA) is 27.3 Å². The molecule has 0 aromatic carbocycles. The van der Waals surface area contributed by atoms with Crippen LogP contribution < -0.4 is 10.6 Å². The van der Waals surface area contributed by atoms with Crippen LogP contribution in [0.4, 0.5) is 0 Å². The van der Waals surface area contributed by atoms with Gasteiger partial charge in [-0.2, -0.15) is 0 Å². The molecule has 0 saturated carbocycles. The van der Waals surface area contributed by atoms with Crippen molar-refractivity contribution in [1.29, 1.82) is 0 Å². The van der Waals surface area contributed by atoms with E-state index in [-0.39, 0.29) is 0 Å². The maximum atomic E-state index is 3.44. The molecule has 1 saturated heterocycles. The van der Waals surface area contributed by atoms with Crippen LogP contribution in [0.25, 0.3) is 0 Å². The fourth-order valence-corrected chi connectivity index (χ4v) is 2.45. The molecule has 3 heteroatoms. The Morgan fingerprint density at radius 1 is 1.25 bits per heavy atom. The Labute approximate surface area is 101 Å². The Bertz CT molecular complexity index is 165. The maximum absolute atomic E-state index is 3.44. The maximum Gasteiger partial charge on any atom is 0.0107 e. The minimum Gasteiger partial charge on any atom is -0.317 e. The van der Waals surface area contributed by atoms with E-state index in [2.05, 4.69) is 36.4 Å². The van der Waals surface area contributed by atoms with Crippen molar-refractivity contribution in [2.75, 3.05) is 39.8 Å². The summed E-state index contributed by atoms with van der Waals surface area (Å²) < 4.78 is 0. The van der Waals surface area contributed by atoms with E-state index in [0.717, 1.165) is 5.92 Å². The van der Waals surface area contributed by atoms with Crippen LogP contribution in [0.15, 0.2) is 0 Å². The highest BCUT2D eigenvalue weighted by Crippen LogP contribution is 2.10. The molecule has 1 unspecified atom stereocenters. The molecule has 0 aliphatic carbocycles. The summed E-state index contributed by atoms with van der Waals surface area (Å²) in [5, 5.41) is 6.84. The van der Waals surface area contributed by atoms with Gasteiger partial charge in [-0.15, -0.1) is 0 Å². The lowest BCUT2D eigenvalue weighted by Gasteiger charge is -2.28. The molecule has 0 amide bonds. The lowest BCUT2D eigenvalue weighted by atomic mass is 10.00. The molecule has 0 aromatic rings. The van der Waals surface area contributed by atoms with Gasteiger partial charge in [-0.3, -0.25) is 0 Å². The van der Waals surface area contributed by atoms with E-state index in [1.165, 1.54) is 52.0 Å².